The number of aromatic nitrogens is 1. The molecular weight excluding hydrogens is 384 g/mol. The number of fused-ring (bicyclic) bond motifs is 5. The topological polar surface area (TPSA) is 48.7 Å². The van der Waals surface area contributed by atoms with Crippen LogP contribution < -0.4 is 4.73 Å². The number of hydrogen-bond donors (Lipinski definition) is 2. The van der Waals surface area contributed by atoms with Gasteiger partial charge < -0.3 is 5.11 Å². The minimum Gasteiger partial charge on any atom is -0.389 e. The molecule has 162 valence electrons. The third-order valence-corrected chi connectivity index (χ3v) is 9.23. The first kappa shape index (κ1) is 20.5. The van der Waals surface area contributed by atoms with E-state index in [1.807, 2.05) is 18.2 Å². The Hall–Kier alpha value is -2.38. The van der Waals surface area contributed by atoms with Gasteiger partial charge in [0.1, 0.15) is 0 Å². The Morgan fingerprint density at radius 3 is 2.65 bits per heavy atom. The molecular formula is C27H33N2O2+. The highest BCUT2D eigenvalue weighted by Gasteiger charge is 2.59. The summed E-state index contributed by atoms with van der Waals surface area (Å²) in [5, 5.41) is 21.6. The second kappa shape index (κ2) is 7.35. The lowest BCUT2D eigenvalue weighted by atomic mass is 9.45. The maximum Gasteiger partial charge on any atom is 0.222 e. The van der Waals surface area contributed by atoms with Crippen molar-refractivity contribution in [2.24, 2.45) is 17.3 Å². The molecule has 4 heteroatoms. The summed E-state index contributed by atoms with van der Waals surface area (Å²) >= 11 is 0. The summed E-state index contributed by atoms with van der Waals surface area (Å²) in [7, 11) is 0. The number of aliphatic hydroxyl groups is 1. The highest BCUT2D eigenvalue weighted by molar-refractivity contribution is 5.58. The first-order valence-corrected chi connectivity index (χ1v) is 11.8. The van der Waals surface area contributed by atoms with Crippen LogP contribution in [-0.4, -0.2) is 15.9 Å². The van der Waals surface area contributed by atoms with E-state index in [0.29, 0.717) is 24.2 Å². The van der Waals surface area contributed by atoms with Crippen LogP contribution >= 0.6 is 0 Å². The first-order valence-electron chi connectivity index (χ1n) is 11.8. The Bertz CT molecular complexity index is 1040. The fourth-order valence-electron chi connectivity index (χ4n) is 7.48. The Kier molecular flexibility index (Phi) is 4.86. The second-order valence-electron chi connectivity index (χ2n) is 10.4. The molecule has 0 bridgehead atoms. The van der Waals surface area contributed by atoms with Crippen molar-refractivity contribution < 1.29 is 15.0 Å². The van der Waals surface area contributed by atoms with E-state index in [4.69, 9.17) is 6.57 Å². The van der Waals surface area contributed by atoms with Crippen molar-refractivity contribution in [3.8, 4) is 0 Å². The quantitative estimate of drug-likeness (QED) is 0.396. The summed E-state index contributed by atoms with van der Waals surface area (Å²) in [6, 6.07) is 8.10. The van der Waals surface area contributed by atoms with Crippen LogP contribution in [0.4, 0.5) is 5.69 Å². The molecule has 3 unspecified atom stereocenters. The molecule has 1 aromatic carbocycles. The van der Waals surface area contributed by atoms with E-state index in [-0.39, 0.29) is 5.41 Å². The zero-order valence-electron chi connectivity index (χ0n) is 18.6. The van der Waals surface area contributed by atoms with Crippen molar-refractivity contribution in [1.29, 1.82) is 0 Å². The SMILES string of the molecule is [C-]#[N+]c1ccc2c(c1C)CCC1C2CC[C@@]2(C)C1CCC[C@@]2(O)Cc1cc[n+](O)cc1. The van der Waals surface area contributed by atoms with E-state index in [1.54, 1.807) is 12.4 Å². The second-order valence-corrected chi connectivity index (χ2v) is 10.4. The van der Waals surface area contributed by atoms with Crippen molar-refractivity contribution in [3.05, 3.63) is 70.3 Å². The van der Waals surface area contributed by atoms with Crippen molar-refractivity contribution >= 4 is 5.69 Å². The van der Waals surface area contributed by atoms with Gasteiger partial charge in [0.2, 0.25) is 12.4 Å². The molecule has 0 aliphatic heterocycles. The number of pyridine rings is 1. The molecule has 2 fully saturated rings. The summed E-state index contributed by atoms with van der Waals surface area (Å²) in [6.45, 7) is 11.9. The molecule has 3 aliphatic carbocycles. The molecule has 5 atom stereocenters. The van der Waals surface area contributed by atoms with Gasteiger partial charge in [-0.3, -0.25) is 5.21 Å². The Labute approximate surface area is 185 Å². The van der Waals surface area contributed by atoms with Crippen LogP contribution in [0.3, 0.4) is 0 Å². The molecule has 2 N–H and O–H groups in total. The number of benzene rings is 1. The maximum absolute atomic E-state index is 12.0. The highest BCUT2D eigenvalue weighted by Crippen LogP contribution is 2.63. The molecule has 2 saturated carbocycles. The average molecular weight is 418 g/mol. The number of nitrogens with zero attached hydrogens (tertiary/aromatic N) is 2. The first-order chi connectivity index (χ1) is 14.9. The van der Waals surface area contributed by atoms with Gasteiger partial charge in [0, 0.05) is 23.3 Å². The van der Waals surface area contributed by atoms with Crippen LogP contribution in [0.5, 0.6) is 0 Å². The molecule has 0 amide bonds. The van der Waals surface area contributed by atoms with E-state index in [2.05, 4.69) is 24.8 Å². The van der Waals surface area contributed by atoms with Gasteiger partial charge in [-0.2, -0.15) is 0 Å². The summed E-state index contributed by atoms with van der Waals surface area (Å²) in [4.78, 5) is 3.72. The van der Waals surface area contributed by atoms with E-state index in [0.717, 1.165) is 48.1 Å². The predicted octanol–water partition coefficient (Wildman–Crippen LogP) is 5.29. The van der Waals surface area contributed by atoms with E-state index < -0.39 is 5.60 Å². The lowest BCUT2D eigenvalue weighted by Gasteiger charge is -2.61. The van der Waals surface area contributed by atoms with E-state index >= 15 is 0 Å². The Morgan fingerprint density at radius 2 is 1.90 bits per heavy atom. The van der Waals surface area contributed by atoms with Gasteiger partial charge in [0.05, 0.1) is 12.2 Å². The van der Waals surface area contributed by atoms with Gasteiger partial charge in [-0.1, -0.05) is 31.0 Å². The molecule has 2 aromatic rings. The molecule has 0 radical (unpaired) electrons. The van der Waals surface area contributed by atoms with Gasteiger partial charge in [-0.05, 0) is 85.3 Å². The van der Waals surface area contributed by atoms with Crippen LogP contribution in [-0.2, 0) is 12.8 Å². The summed E-state index contributed by atoms with van der Waals surface area (Å²) in [5.74, 6) is 1.71. The van der Waals surface area contributed by atoms with Gasteiger partial charge in [-0.25, -0.2) is 4.85 Å². The largest absolute Gasteiger partial charge is 0.389 e. The summed E-state index contributed by atoms with van der Waals surface area (Å²) in [6.07, 6.45) is 11.5. The number of rotatable bonds is 2. The monoisotopic (exact) mass is 417 g/mol. The molecule has 4 nitrogen and oxygen atoms in total. The highest BCUT2D eigenvalue weighted by atomic mass is 16.5. The number of hydrogen-bond acceptors (Lipinski definition) is 2. The third-order valence-electron chi connectivity index (χ3n) is 9.23. The summed E-state index contributed by atoms with van der Waals surface area (Å²) in [5.41, 5.74) is 5.20. The standard InChI is InChI=1S/C27H33N2O2/c1-18-20-6-7-23-22(21(20)8-9-25(18)28-3)10-14-26(2)24(23)5-4-13-27(26,30)17-19-11-15-29(31)16-12-19/h8-9,11-12,15-16,22-24,30-31H,4-7,10,13-14,17H2,1-2H3/q+1/t22?,23?,24?,26-,27+/m0/s1. The lowest BCUT2D eigenvalue weighted by Crippen LogP contribution is -2.59. The van der Waals surface area contributed by atoms with Crippen molar-refractivity contribution in [2.75, 3.05) is 0 Å². The van der Waals surface area contributed by atoms with Crippen molar-refractivity contribution in [2.45, 2.75) is 76.7 Å². The van der Waals surface area contributed by atoms with Crippen molar-refractivity contribution in [3.63, 3.8) is 0 Å². The summed E-state index contributed by atoms with van der Waals surface area (Å²) < 4.78 is 1.06. The molecule has 0 saturated heterocycles. The third kappa shape index (κ3) is 3.09. The van der Waals surface area contributed by atoms with Crippen LogP contribution in [0.25, 0.3) is 4.85 Å². The van der Waals surface area contributed by atoms with Gasteiger partial charge >= 0.3 is 0 Å². The van der Waals surface area contributed by atoms with Gasteiger partial charge in [-0.15, -0.1) is 0 Å². The molecule has 1 aromatic heterocycles. The maximum atomic E-state index is 12.0. The molecule has 0 spiro atoms. The fraction of sp³-hybridized carbons (Fsp3) is 0.556. The van der Waals surface area contributed by atoms with Crippen LogP contribution in [0, 0.1) is 30.7 Å². The smallest absolute Gasteiger partial charge is 0.222 e. The lowest BCUT2D eigenvalue weighted by molar-refractivity contribution is -0.904. The molecule has 3 aliphatic rings. The molecule has 31 heavy (non-hydrogen) atoms. The molecule has 1 heterocycles. The fourth-order valence-corrected chi connectivity index (χ4v) is 7.48. The Morgan fingerprint density at radius 1 is 1.13 bits per heavy atom. The van der Waals surface area contributed by atoms with Gasteiger partial charge in [0.15, 0.2) is 5.69 Å². The van der Waals surface area contributed by atoms with Gasteiger partial charge in [0.25, 0.3) is 0 Å². The zero-order chi connectivity index (χ0) is 21.8. The van der Waals surface area contributed by atoms with E-state index in [1.165, 1.54) is 29.5 Å². The zero-order valence-corrected chi connectivity index (χ0v) is 18.6. The predicted molar refractivity (Wildman–Crippen MR) is 119 cm³/mol. The average Bonchev–Trinajstić information content (AvgIpc) is 2.76. The van der Waals surface area contributed by atoms with Crippen LogP contribution in [0.1, 0.15) is 73.6 Å². The van der Waals surface area contributed by atoms with E-state index in [9.17, 15) is 10.3 Å². The van der Waals surface area contributed by atoms with Crippen LogP contribution in [0.2, 0.25) is 0 Å². The Balaban J connectivity index is 1.47. The minimum atomic E-state index is -0.702. The van der Waals surface area contributed by atoms with Crippen LogP contribution in [0.15, 0.2) is 36.7 Å². The minimum absolute atomic E-state index is 0.0829. The normalized spacial score (nSPS) is 34.2. The molecule has 5 rings (SSSR count). The van der Waals surface area contributed by atoms with Crippen molar-refractivity contribution in [1.82, 2.24) is 0 Å².